The Morgan fingerprint density at radius 1 is 1.53 bits per heavy atom. The lowest BCUT2D eigenvalue weighted by molar-refractivity contribution is 0.0523. The molecular weight excluding hydrogens is 304 g/mol. The largest absolute Gasteiger partial charge is 0.444 e. The molecule has 0 aliphatic heterocycles. The van der Waals surface area contributed by atoms with Gasteiger partial charge in [-0.05, 0) is 43.1 Å². The van der Waals surface area contributed by atoms with Gasteiger partial charge in [0.05, 0.1) is 12.2 Å². The molecule has 0 spiro atoms. The molecule has 1 N–H and O–H groups in total. The van der Waals surface area contributed by atoms with Crippen molar-refractivity contribution in [3.8, 4) is 0 Å². The van der Waals surface area contributed by atoms with E-state index in [9.17, 15) is 4.79 Å². The first-order valence-electron chi connectivity index (χ1n) is 5.42. The summed E-state index contributed by atoms with van der Waals surface area (Å²) in [4.78, 5) is 17.0. The predicted molar refractivity (Wildman–Crippen MR) is 72.3 cm³/mol. The summed E-state index contributed by atoms with van der Waals surface area (Å²) >= 11 is 4.94. The number of thiazole rings is 1. The van der Waals surface area contributed by atoms with Crippen LogP contribution in [0.1, 0.15) is 38.3 Å². The third-order valence-electron chi connectivity index (χ3n) is 1.87. The molecule has 0 bridgehead atoms. The molecule has 6 heteroatoms. The molecule has 1 rings (SSSR count). The molecule has 1 aromatic heterocycles. The quantitative estimate of drug-likeness (QED) is 0.927. The molecule has 0 atom stereocenters. The maximum atomic E-state index is 11.5. The Kier molecular flexibility index (Phi) is 4.94. The highest BCUT2D eigenvalue weighted by Gasteiger charge is 2.16. The van der Waals surface area contributed by atoms with Crippen molar-refractivity contribution in [3.05, 3.63) is 14.5 Å². The van der Waals surface area contributed by atoms with Crippen LogP contribution in [0.25, 0.3) is 0 Å². The minimum Gasteiger partial charge on any atom is -0.444 e. The maximum Gasteiger partial charge on any atom is 0.407 e. The second kappa shape index (κ2) is 5.82. The lowest BCUT2D eigenvalue weighted by Crippen LogP contribution is -2.32. The number of amides is 1. The number of nitrogens with one attached hydrogen (secondary N) is 1. The van der Waals surface area contributed by atoms with Gasteiger partial charge in [0.1, 0.15) is 5.60 Å². The van der Waals surface area contributed by atoms with Gasteiger partial charge in [-0.3, -0.25) is 0 Å². The van der Waals surface area contributed by atoms with Crippen LogP contribution in [0.15, 0.2) is 3.92 Å². The Bertz CT molecular complexity index is 399. The van der Waals surface area contributed by atoms with E-state index in [-0.39, 0.29) is 0 Å². The Balaban J connectivity index is 2.53. The number of carbonyl (C=O) groups is 1. The number of halogens is 1. The van der Waals surface area contributed by atoms with E-state index in [0.29, 0.717) is 6.54 Å². The zero-order valence-corrected chi connectivity index (χ0v) is 12.9. The molecule has 0 saturated carbocycles. The van der Waals surface area contributed by atoms with Gasteiger partial charge in [0, 0.05) is 4.88 Å². The third-order valence-corrected chi connectivity index (χ3v) is 3.57. The summed E-state index contributed by atoms with van der Waals surface area (Å²) in [5.41, 5.74) is 0.426. The van der Waals surface area contributed by atoms with Gasteiger partial charge in [-0.15, -0.1) is 11.3 Å². The van der Waals surface area contributed by atoms with Crippen LogP contribution in [0.5, 0.6) is 0 Å². The fourth-order valence-electron chi connectivity index (χ4n) is 1.24. The number of alkyl carbamates (subject to hydrolysis) is 1. The molecule has 0 fully saturated rings. The highest BCUT2D eigenvalue weighted by atomic mass is 79.9. The van der Waals surface area contributed by atoms with Crippen LogP contribution in [-0.4, -0.2) is 16.7 Å². The standard InChI is InChI=1S/C11H17BrN2O2S/c1-5-8-7(14-9(12)17-8)6-13-10(15)16-11(2,3)4/h5-6H2,1-4H3,(H,13,15). The number of nitrogens with zero attached hydrogens (tertiary/aromatic N) is 1. The molecule has 0 aliphatic rings. The Labute approximate surface area is 114 Å². The van der Waals surface area contributed by atoms with Gasteiger partial charge < -0.3 is 10.1 Å². The van der Waals surface area contributed by atoms with Crippen molar-refractivity contribution in [3.63, 3.8) is 0 Å². The number of ether oxygens (including phenoxy) is 1. The zero-order chi connectivity index (χ0) is 13.1. The first-order valence-corrected chi connectivity index (χ1v) is 7.03. The minimum atomic E-state index is -0.472. The van der Waals surface area contributed by atoms with Gasteiger partial charge >= 0.3 is 6.09 Å². The number of rotatable bonds is 3. The van der Waals surface area contributed by atoms with Crippen LogP contribution in [-0.2, 0) is 17.7 Å². The van der Waals surface area contributed by atoms with Crippen molar-refractivity contribution in [2.75, 3.05) is 0 Å². The Morgan fingerprint density at radius 2 is 2.18 bits per heavy atom. The number of carbonyl (C=O) groups excluding carboxylic acids is 1. The fourth-order valence-corrected chi connectivity index (χ4v) is 2.78. The Morgan fingerprint density at radius 3 is 2.71 bits per heavy atom. The summed E-state index contributed by atoms with van der Waals surface area (Å²) in [5.74, 6) is 0. The number of aryl methyl sites for hydroxylation is 1. The van der Waals surface area contributed by atoms with Crippen LogP contribution < -0.4 is 5.32 Å². The van der Waals surface area contributed by atoms with Gasteiger partial charge in [0.25, 0.3) is 0 Å². The van der Waals surface area contributed by atoms with Gasteiger partial charge in [-0.1, -0.05) is 6.92 Å². The highest BCUT2D eigenvalue weighted by Crippen LogP contribution is 2.23. The molecule has 0 unspecified atom stereocenters. The maximum absolute atomic E-state index is 11.5. The van der Waals surface area contributed by atoms with Gasteiger partial charge in [-0.2, -0.15) is 0 Å². The second-order valence-corrected chi connectivity index (χ2v) is 6.91. The molecule has 96 valence electrons. The Hall–Kier alpha value is -0.620. The van der Waals surface area contributed by atoms with Crippen LogP contribution in [0.2, 0.25) is 0 Å². The topological polar surface area (TPSA) is 51.2 Å². The smallest absolute Gasteiger partial charge is 0.407 e. The van der Waals surface area contributed by atoms with Crippen molar-refractivity contribution in [1.29, 1.82) is 0 Å². The molecule has 17 heavy (non-hydrogen) atoms. The van der Waals surface area contributed by atoms with Crippen LogP contribution in [0.3, 0.4) is 0 Å². The lowest BCUT2D eigenvalue weighted by atomic mass is 10.2. The molecular formula is C11H17BrN2O2S. The van der Waals surface area contributed by atoms with E-state index in [2.05, 4.69) is 33.2 Å². The van der Waals surface area contributed by atoms with Gasteiger partial charge in [0.2, 0.25) is 0 Å². The zero-order valence-electron chi connectivity index (χ0n) is 10.5. The molecule has 0 aliphatic carbocycles. The fraction of sp³-hybridized carbons (Fsp3) is 0.636. The first kappa shape index (κ1) is 14.4. The van der Waals surface area contributed by atoms with Crippen LogP contribution in [0.4, 0.5) is 4.79 Å². The highest BCUT2D eigenvalue weighted by molar-refractivity contribution is 9.11. The summed E-state index contributed by atoms with van der Waals surface area (Å²) in [6, 6.07) is 0. The molecule has 4 nitrogen and oxygen atoms in total. The van der Waals surface area contributed by atoms with E-state index in [1.54, 1.807) is 11.3 Å². The lowest BCUT2D eigenvalue weighted by Gasteiger charge is -2.19. The summed E-state index contributed by atoms with van der Waals surface area (Å²) < 4.78 is 6.00. The van der Waals surface area contributed by atoms with E-state index >= 15 is 0 Å². The van der Waals surface area contributed by atoms with E-state index in [1.807, 2.05) is 20.8 Å². The van der Waals surface area contributed by atoms with Crippen LogP contribution >= 0.6 is 27.3 Å². The summed E-state index contributed by atoms with van der Waals surface area (Å²) in [6.45, 7) is 7.98. The molecule has 0 aromatic carbocycles. The summed E-state index contributed by atoms with van der Waals surface area (Å²) in [7, 11) is 0. The third kappa shape index (κ3) is 5.04. The first-order chi connectivity index (χ1) is 7.81. The molecule has 1 heterocycles. The predicted octanol–water partition coefficient (Wildman–Crippen LogP) is 3.49. The average molecular weight is 321 g/mol. The van der Waals surface area contributed by atoms with Crippen molar-refractivity contribution >= 4 is 33.4 Å². The SMILES string of the molecule is CCc1sc(Br)nc1CNC(=O)OC(C)(C)C. The van der Waals surface area contributed by atoms with Crippen molar-refractivity contribution in [1.82, 2.24) is 10.3 Å². The molecule has 1 amide bonds. The normalized spacial score (nSPS) is 11.4. The second-order valence-electron chi connectivity index (χ2n) is 4.55. The van der Waals surface area contributed by atoms with Gasteiger partial charge in [0.15, 0.2) is 3.92 Å². The summed E-state index contributed by atoms with van der Waals surface area (Å²) in [6.07, 6.45) is 0.498. The molecule has 0 saturated heterocycles. The van der Waals surface area contributed by atoms with Gasteiger partial charge in [-0.25, -0.2) is 9.78 Å². The summed E-state index contributed by atoms with van der Waals surface area (Å²) in [5, 5.41) is 2.71. The van der Waals surface area contributed by atoms with E-state index in [4.69, 9.17) is 4.74 Å². The number of hydrogen-bond acceptors (Lipinski definition) is 4. The van der Waals surface area contributed by atoms with E-state index < -0.39 is 11.7 Å². The molecule has 0 radical (unpaired) electrons. The average Bonchev–Trinajstić information content (AvgIpc) is 2.53. The van der Waals surface area contributed by atoms with E-state index in [1.165, 1.54) is 4.88 Å². The monoisotopic (exact) mass is 320 g/mol. The van der Waals surface area contributed by atoms with E-state index in [0.717, 1.165) is 16.0 Å². The van der Waals surface area contributed by atoms with Crippen molar-refractivity contribution in [2.45, 2.75) is 46.3 Å². The van der Waals surface area contributed by atoms with Crippen molar-refractivity contribution < 1.29 is 9.53 Å². The van der Waals surface area contributed by atoms with Crippen molar-refractivity contribution in [2.24, 2.45) is 0 Å². The minimum absolute atomic E-state index is 0.403. The van der Waals surface area contributed by atoms with Crippen LogP contribution in [0, 0.1) is 0 Å². The molecule has 1 aromatic rings. The number of hydrogen-bond donors (Lipinski definition) is 1. The number of aromatic nitrogens is 1.